The highest BCUT2D eigenvalue weighted by Gasteiger charge is 2.71. The smallest absolute Gasteiger partial charge is 0.341 e. The van der Waals surface area contributed by atoms with Crippen LogP contribution in [0.3, 0.4) is 0 Å². The molecule has 1 aromatic heterocycles. The lowest BCUT2D eigenvalue weighted by Crippen LogP contribution is -2.68. The molecule has 5 aliphatic rings. The lowest BCUT2D eigenvalue weighted by Gasteiger charge is -2.63. The van der Waals surface area contributed by atoms with E-state index in [4.69, 9.17) is 14.2 Å². The van der Waals surface area contributed by atoms with Gasteiger partial charge in [-0.25, -0.2) is 9.78 Å². The van der Waals surface area contributed by atoms with Crippen molar-refractivity contribution in [1.82, 2.24) is 15.2 Å². The first-order valence-corrected chi connectivity index (χ1v) is 19.2. The predicted octanol–water partition coefficient (Wildman–Crippen LogP) is 3.32. The Labute approximate surface area is 317 Å². The Balaban J connectivity index is 1.26. The zero-order valence-corrected chi connectivity index (χ0v) is 32.0. The van der Waals surface area contributed by atoms with Crippen LogP contribution in [0.1, 0.15) is 52.0 Å². The van der Waals surface area contributed by atoms with Gasteiger partial charge >= 0.3 is 5.97 Å². The maximum absolute atomic E-state index is 13.8. The number of cyclic esters (lactones) is 1. The first kappa shape index (κ1) is 38.3. The molecule has 13 heteroatoms. The van der Waals surface area contributed by atoms with Crippen molar-refractivity contribution in [3.63, 3.8) is 0 Å². The van der Waals surface area contributed by atoms with Gasteiger partial charge in [0.1, 0.15) is 22.9 Å². The average Bonchev–Trinajstić information content (AvgIpc) is 3.88. The van der Waals surface area contributed by atoms with Gasteiger partial charge in [-0.2, -0.15) is 0 Å². The highest BCUT2D eigenvalue weighted by atomic mass is 16.6. The molecule has 4 fully saturated rings. The Morgan fingerprint density at radius 2 is 1.94 bits per heavy atom. The molecule has 6 unspecified atom stereocenters. The van der Waals surface area contributed by atoms with Crippen LogP contribution in [0.2, 0.25) is 0 Å². The van der Waals surface area contributed by atoms with E-state index < -0.39 is 40.6 Å². The van der Waals surface area contributed by atoms with Crippen LogP contribution in [0.4, 0.5) is 11.5 Å². The van der Waals surface area contributed by atoms with Gasteiger partial charge in [-0.1, -0.05) is 19.9 Å². The second-order valence-corrected chi connectivity index (χ2v) is 16.5. The third kappa shape index (κ3) is 7.01. The number of aliphatic hydroxyl groups is 2. The lowest BCUT2D eigenvalue weighted by atomic mass is 9.43. The molecule has 2 aliphatic carbocycles. The lowest BCUT2D eigenvalue weighted by molar-refractivity contribution is -0.184. The number of nitrogens with one attached hydrogen (secondary N) is 2. The molecular formula is C41H55N5O8. The molecule has 54 heavy (non-hydrogen) atoms. The molecule has 2 saturated heterocycles. The number of esters is 1. The number of ether oxygens (including phenoxy) is 3. The van der Waals surface area contributed by atoms with Gasteiger partial charge in [-0.15, -0.1) is 0 Å². The number of aromatic nitrogens is 1. The largest absolute Gasteiger partial charge is 0.507 e. The van der Waals surface area contributed by atoms with Crippen LogP contribution < -0.4 is 15.5 Å². The Hall–Kier alpha value is -4.01. The number of hydrogen-bond acceptors (Lipinski definition) is 12. The number of amides is 1. The van der Waals surface area contributed by atoms with Crippen LogP contribution in [-0.2, 0) is 23.8 Å². The number of phenolic OH excluding ortho intramolecular Hbond substituents is 1. The number of epoxide rings is 1. The summed E-state index contributed by atoms with van der Waals surface area (Å²) in [7, 11) is 3.79. The average molecular weight is 746 g/mol. The fourth-order valence-corrected chi connectivity index (χ4v) is 9.87. The van der Waals surface area contributed by atoms with Gasteiger partial charge in [0, 0.05) is 62.2 Å². The number of benzene rings is 1. The molecule has 2 saturated carbocycles. The molecule has 0 radical (unpaired) electrons. The molecule has 1 amide bonds. The number of anilines is 2. The predicted molar refractivity (Wildman–Crippen MR) is 203 cm³/mol. The third-order valence-electron chi connectivity index (χ3n) is 13.1. The van der Waals surface area contributed by atoms with Gasteiger partial charge in [0.05, 0.1) is 50.2 Å². The highest BCUT2D eigenvalue weighted by molar-refractivity contribution is 5.95. The summed E-state index contributed by atoms with van der Waals surface area (Å²) in [5, 5.41) is 40.4. The minimum absolute atomic E-state index is 0.00263. The molecule has 7 rings (SSSR count). The molecule has 9 atom stereocenters. The van der Waals surface area contributed by atoms with Gasteiger partial charge in [0.25, 0.3) is 0 Å². The summed E-state index contributed by atoms with van der Waals surface area (Å²) in [5.74, 6) is 0.164. The maximum atomic E-state index is 13.8. The van der Waals surface area contributed by atoms with E-state index >= 15 is 0 Å². The standard InChI is InChI=1S/C41H55N5O8/c1-25(37(50)46-14-16-52-17-15-46)43-34-22-32-39(2,12-11-35(49)40(32,3)23-47)33(41(34)24-53-41)21-30(44-36-8-6-7-13-42-36)29-20-28(54-38(29)51)18-26-9-10-27(45(4)5)19-31(26)48/h6-10,13,18-20,25,30,32-35,43,47-49H,11-12,14-17,21-24H2,1-5H3,(H,42,44)/t25?,30?,32?,33?,34?,35-,39+,40+,41?/m1/s1. The van der Waals surface area contributed by atoms with E-state index in [1.807, 2.05) is 62.0 Å². The van der Waals surface area contributed by atoms with E-state index in [1.165, 1.54) is 0 Å². The molecule has 1 spiro atoms. The number of rotatable bonds is 11. The Kier molecular flexibility index (Phi) is 10.6. The Bertz CT molecular complexity index is 1780. The van der Waals surface area contributed by atoms with Gasteiger partial charge in [-0.05, 0) is 86.3 Å². The molecule has 5 N–H and O–H groups in total. The summed E-state index contributed by atoms with van der Waals surface area (Å²) in [6, 6.07) is 9.56. The number of allylic oxidation sites excluding steroid dienone is 1. The van der Waals surface area contributed by atoms with Gasteiger partial charge < -0.3 is 50.0 Å². The number of hydrogen-bond donors (Lipinski definition) is 5. The van der Waals surface area contributed by atoms with Crippen molar-refractivity contribution in [2.75, 3.05) is 63.8 Å². The van der Waals surface area contributed by atoms with Crippen LogP contribution >= 0.6 is 0 Å². The topological polar surface area (TPSA) is 169 Å². The second-order valence-electron chi connectivity index (χ2n) is 16.5. The van der Waals surface area contributed by atoms with Crippen LogP contribution in [-0.4, -0.2) is 121 Å². The van der Waals surface area contributed by atoms with Crippen LogP contribution in [0, 0.1) is 22.7 Å². The monoisotopic (exact) mass is 745 g/mol. The summed E-state index contributed by atoms with van der Waals surface area (Å²) in [5.41, 5.74) is -0.0938. The van der Waals surface area contributed by atoms with E-state index in [9.17, 15) is 24.9 Å². The van der Waals surface area contributed by atoms with E-state index in [2.05, 4.69) is 22.5 Å². The van der Waals surface area contributed by atoms with Crippen molar-refractivity contribution in [1.29, 1.82) is 0 Å². The summed E-state index contributed by atoms with van der Waals surface area (Å²) in [6.45, 7) is 8.49. The molecule has 2 aromatic rings. The number of fused-ring (bicyclic) bond motifs is 1. The number of aliphatic hydroxyl groups excluding tert-OH is 2. The Morgan fingerprint density at radius 3 is 2.59 bits per heavy atom. The zero-order chi connectivity index (χ0) is 38.4. The Morgan fingerprint density at radius 1 is 1.19 bits per heavy atom. The molecule has 13 nitrogen and oxygen atoms in total. The van der Waals surface area contributed by atoms with E-state index in [-0.39, 0.29) is 36.1 Å². The van der Waals surface area contributed by atoms with Crippen LogP contribution in [0.5, 0.6) is 5.75 Å². The van der Waals surface area contributed by atoms with Crippen LogP contribution in [0.15, 0.2) is 60.0 Å². The number of carbonyl (C=O) groups is 2. The highest BCUT2D eigenvalue weighted by Crippen LogP contribution is 2.66. The molecule has 3 aliphatic heterocycles. The number of carbonyl (C=O) groups excluding carboxylic acids is 2. The van der Waals surface area contributed by atoms with Crippen LogP contribution in [0.25, 0.3) is 6.08 Å². The SMILES string of the molecule is CC(NC1CC2[C@](C)(CC[C@@H](O)[C@@]2(C)CO)C(CC(Nc2ccccn2)C2=CC(=Cc3ccc(N(C)C)cc3O)OC2=O)C12CO2)C(=O)N1CCOCC1. The minimum Gasteiger partial charge on any atom is -0.507 e. The summed E-state index contributed by atoms with van der Waals surface area (Å²) in [6.07, 6.45) is 6.65. The molecule has 4 heterocycles. The summed E-state index contributed by atoms with van der Waals surface area (Å²) >= 11 is 0. The van der Waals surface area contributed by atoms with Crippen molar-refractivity contribution in [2.45, 2.75) is 76.3 Å². The number of pyridine rings is 1. The molecular weight excluding hydrogens is 690 g/mol. The quantitative estimate of drug-likeness (QED) is 0.168. The third-order valence-corrected chi connectivity index (χ3v) is 13.1. The molecule has 292 valence electrons. The zero-order valence-electron chi connectivity index (χ0n) is 32.0. The minimum atomic E-state index is -0.797. The molecule has 0 bridgehead atoms. The first-order chi connectivity index (χ1) is 25.8. The number of morpholine rings is 1. The normalized spacial score (nSPS) is 33.8. The summed E-state index contributed by atoms with van der Waals surface area (Å²) in [4.78, 5) is 35.8. The van der Waals surface area contributed by atoms with Crippen molar-refractivity contribution in [3.8, 4) is 5.75 Å². The maximum Gasteiger partial charge on any atom is 0.341 e. The van der Waals surface area contributed by atoms with E-state index in [1.54, 1.807) is 30.5 Å². The number of phenols is 1. The fourth-order valence-electron chi connectivity index (χ4n) is 9.87. The van der Waals surface area contributed by atoms with Crippen molar-refractivity contribution < 1.29 is 39.1 Å². The van der Waals surface area contributed by atoms with Crippen molar-refractivity contribution in [3.05, 3.63) is 65.6 Å². The van der Waals surface area contributed by atoms with Gasteiger partial charge in [0.15, 0.2) is 0 Å². The van der Waals surface area contributed by atoms with Crippen molar-refractivity contribution in [2.24, 2.45) is 22.7 Å². The second kappa shape index (κ2) is 14.9. The van der Waals surface area contributed by atoms with E-state index in [0.29, 0.717) is 81.3 Å². The van der Waals surface area contributed by atoms with Crippen molar-refractivity contribution >= 4 is 29.5 Å². The number of aromatic hydroxyl groups is 1. The van der Waals surface area contributed by atoms with Gasteiger partial charge in [0.2, 0.25) is 5.91 Å². The van der Waals surface area contributed by atoms with E-state index in [0.717, 1.165) is 5.69 Å². The van der Waals surface area contributed by atoms with Gasteiger partial charge in [-0.3, -0.25) is 4.79 Å². The molecule has 1 aromatic carbocycles. The number of nitrogens with zero attached hydrogens (tertiary/aromatic N) is 3. The summed E-state index contributed by atoms with van der Waals surface area (Å²) < 4.78 is 17.9. The fraction of sp³-hybridized carbons (Fsp3) is 0.585. The first-order valence-electron chi connectivity index (χ1n) is 19.2.